The van der Waals surface area contributed by atoms with Crippen LogP contribution in [0.25, 0.3) is 0 Å². The van der Waals surface area contributed by atoms with E-state index < -0.39 is 0 Å². The maximum Gasteiger partial charge on any atom is 0.111 e. The van der Waals surface area contributed by atoms with Crippen LogP contribution in [0.5, 0.6) is 0 Å². The van der Waals surface area contributed by atoms with Crippen LogP contribution in [0.1, 0.15) is 0 Å². The average molecular weight is 491 g/mol. The van der Waals surface area contributed by atoms with Gasteiger partial charge in [-0.15, -0.1) is 0 Å². The fourth-order valence-corrected chi connectivity index (χ4v) is 3.07. The first-order chi connectivity index (χ1) is 4.61. The molecule has 1 rings (SSSR count). The minimum absolute atomic E-state index is 0.394. The maximum absolute atomic E-state index is 3.45. The molecule has 0 fully saturated rings. The predicted molar refractivity (Wildman–Crippen MR) is 67.7 cm³/mol. The highest BCUT2D eigenvalue weighted by Gasteiger charge is 2.14. The molecule has 56 valence electrons. The van der Waals surface area contributed by atoms with Crippen LogP contribution in [-0.4, -0.2) is 7.97 Å². The third kappa shape index (κ3) is 2.34. The first-order valence-corrected chi connectivity index (χ1v) is 6.27. The van der Waals surface area contributed by atoms with E-state index >= 15 is 0 Å². The first kappa shape index (κ1) is 9.79. The van der Waals surface area contributed by atoms with Crippen molar-refractivity contribution in [2.45, 2.75) is 4.05 Å². The lowest BCUT2D eigenvalue weighted by Gasteiger charge is -2.20. The van der Waals surface area contributed by atoms with Crippen LogP contribution in [0.4, 0.5) is 0 Å². The van der Waals surface area contributed by atoms with Crippen molar-refractivity contribution in [2.75, 3.05) is 0 Å². The highest BCUT2D eigenvalue weighted by Crippen LogP contribution is 2.33. The lowest BCUT2D eigenvalue weighted by Crippen LogP contribution is -2.15. The van der Waals surface area contributed by atoms with E-state index in [0.717, 1.165) is 0 Å². The van der Waals surface area contributed by atoms with Gasteiger partial charge in [-0.3, -0.25) is 3.93 Å². The van der Waals surface area contributed by atoms with E-state index in [1.54, 1.807) is 0 Å². The number of nitrogens with zero attached hydrogens (tertiary/aromatic N) is 1. The van der Waals surface area contributed by atoms with Gasteiger partial charge in [0, 0.05) is 14.3 Å². The number of rotatable bonds is 0. The summed E-state index contributed by atoms with van der Waals surface area (Å²) >= 11 is 11.5. The molecule has 0 N–H and O–H groups in total. The summed E-state index contributed by atoms with van der Waals surface area (Å²) in [7, 11) is 0. The Kier molecular flexibility index (Phi) is 4.00. The van der Waals surface area contributed by atoms with Crippen LogP contribution in [-0.2, 0) is 0 Å². The monoisotopic (exact) mass is 489 g/mol. The summed E-state index contributed by atoms with van der Waals surface area (Å²) in [6.45, 7) is 0. The van der Waals surface area contributed by atoms with Gasteiger partial charge >= 0.3 is 0 Å². The number of hydrogen-bond donors (Lipinski definition) is 0. The Hall–Kier alpha value is 1.70. The number of hydrogen-bond acceptors (Lipinski definition) is 1. The van der Waals surface area contributed by atoms with Gasteiger partial charge in [0.1, 0.15) is 4.05 Å². The quantitative estimate of drug-likeness (QED) is 0.215. The Morgan fingerprint density at radius 3 is 2.70 bits per heavy atom. The fraction of sp³-hybridized carbons (Fsp3) is 0.200. The van der Waals surface area contributed by atoms with Gasteiger partial charge in [0.25, 0.3) is 0 Å². The molecule has 0 spiro atoms. The van der Waals surface area contributed by atoms with Gasteiger partial charge in [-0.2, -0.15) is 0 Å². The third-order valence-corrected chi connectivity index (χ3v) is 5.65. The molecule has 1 nitrogen and oxygen atoms in total. The molecule has 0 radical (unpaired) electrons. The van der Waals surface area contributed by atoms with Crippen molar-refractivity contribution in [2.24, 2.45) is 0 Å². The van der Waals surface area contributed by atoms with E-state index in [9.17, 15) is 0 Å². The smallest absolute Gasteiger partial charge is 0.111 e. The van der Waals surface area contributed by atoms with Gasteiger partial charge in [0.2, 0.25) is 0 Å². The van der Waals surface area contributed by atoms with Crippen molar-refractivity contribution < 1.29 is 0 Å². The van der Waals surface area contributed by atoms with E-state index in [1.807, 2.05) is 10.1 Å². The van der Waals surface area contributed by atoms with E-state index in [-0.39, 0.29) is 0 Å². The molecule has 0 aromatic carbocycles. The molecule has 1 atom stereocenters. The Balaban J connectivity index is 2.83. The summed E-state index contributed by atoms with van der Waals surface area (Å²) in [6.07, 6.45) is 4.18. The molecule has 1 unspecified atom stereocenters. The van der Waals surface area contributed by atoms with Crippen molar-refractivity contribution in [3.63, 3.8) is 0 Å². The Morgan fingerprint density at radius 1 is 1.60 bits per heavy atom. The zero-order chi connectivity index (χ0) is 7.72. The zero-order valence-corrected chi connectivity index (χ0v) is 12.2. The molecule has 0 saturated carbocycles. The molecule has 0 saturated heterocycles. The SMILES string of the molecule is BrC1=CC(I)N(Br)C=C1I. The predicted octanol–water partition coefficient (Wildman–Crippen LogP) is 3.93. The summed E-state index contributed by atoms with van der Waals surface area (Å²) in [5, 5.41) is 0. The second kappa shape index (κ2) is 4.08. The lowest BCUT2D eigenvalue weighted by molar-refractivity contribution is 0.690. The van der Waals surface area contributed by atoms with Gasteiger partial charge in [-0.05, 0) is 44.6 Å². The van der Waals surface area contributed by atoms with Gasteiger partial charge < -0.3 is 0 Å². The van der Waals surface area contributed by atoms with E-state index in [0.29, 0.717) is 4.05 Å². The molecule has 1 aliphatic heterocycles. The van der Waals surface area contributed by atoms with E-state index in [4.69, 9.17) is 0 Å². The molecular formula is C5H3Br2I2N. The van der Waals surface area contributed by atoms with E-state index in [2.05, 4.69) is 83.3 Å². The van der Waals surface area contributed by atoms with Crippen LogP contribution in [0.15, 0.2) is 20.3 Å². The van der Waals surface area contributed by atoms with Crippen LogP contribution in [0.3, 0.4) is 0 Å². The highest BCUT2D eigenvalue weighted by atomic mass is 127. The van der Waals surface area contributed by atoms with Gasteiger partial charge in [0.05, 0.1) is 16.1 Å². The summed E-state index contributed by atoms with van der Waals surface area (Å²) < 4.78 is 4.76. The first-order valence-electron chi connectivity index (χ1n) is 2.44. The Labute approximate surface area is 104 Å². The Morgan fingerprint density at radius 2 is 2.20 bits per heavy atom. The topological polar surface area (TPSA) is 3.24 Å². The average Bonchev–Trinajstić information content (AvgIpc) is 1.84. The summed E-state index contributed by atoms with van der Waals surface area (Å²) in [6, 6.07) is 0. The van der Waals surface area contributed by atoms with Crippen molar-refractivity contribution in [3.8, 4) is 0 Å². The second-order valence-corrected chi connectivity index (χ2v) is 5.82. The lowest BCUT2D eigenvalue weighted by atomic mass is 10.4. The molecule has 10 heavy (non-hydrogen) atoms. The molecule has 0 aliphatic carbocycles. The van der Waals surface area contributed by atoms with Crippen LogP contribution in [0.2, 0.25) is 0 Å². The molecular weight excluding hydrogens is 488 g/mol. The molecule has 5 heteroatoms. The molecule has 0 amide bonds. The maximum atomic E-state index is 3.45. The summed E-state index contributed by atoms with van der Waals surface area (Å²) in [4.78, 5) is 0. The molecule has 0 bridgehead atoms. The summed E-state index contributed by atoms with van der Waals surface area (Å²) in [5.41, 5.74) is 0. The minimum Gasteiger partial charge on any atom is -0.298 e. The summed E-state index contributed by atoms with van der Waals surface area (Å²) in [5.74, 6) is 0. The van der Waals surface area contributed by atoms with Gasteiger partial charge in [0.15, 0.2) is 0 Å². The largest absolute Gasteiger partial charge is 0.298 e. The van der Waals surface area contributed by atoms with Gasteiger partial charge in [-0.25, -0.2) is 0 Å². The highest BCUT2D eigenvalue weighted by molar-refractivity contribution is 14.1. The van der Waals surface area contributed by atoms with Gasteiger partial charge in [-0.1, -0.05) is 22.6 Å². The van der Waals surface area contributed by atoms with E-state index in [1.165, 1.54) is 8.06 Å². The standard InChI is InChI=1S/C5H3Br2I2N/c6-3-1-5(9)10(7)2-4(3)8/h1-2,5H. The minimum atomic E-state index is 0.394. The third-order valence-electron chi connectivity index (χ3n) is 0.984. The Bertz CT molecular complexity index is 180. The van der Waals surface area contributed by atoms with Crippen molar-refractivity contribution in [3.05, 3.63) is 20.3 Å². The fourth-order valence-electron chi connectivity index (χ4n) is 0.513. The van der Waals surface area contributed by atoms with Crippen molar-refractivity contribution in [1.29, 1.82) is 0 Å². The second-order valence-electron chi connectivity index (χ2n) is 1.71. The van der Waals surface area contributed by atoms with Crippen LogP contribution in [0, 0.1) is 0 Å². The van der Waals surface area contributed by atoms with Crippen molar-refractivity contribution >= 4 is 77.3 Å². The normalized spacial score (nSPS) is 26.0. The molecule has 1 heterocycles. The zero-order valence-electron chi connectivity index (χ0n) is 4.69. The molecule has 0 aromatic heterocycles. The number of allylic oxidation sites excluding steroid dienone is 2. The van der Waals surface area contributed by atoms with Crippen LogP contribution >= 0.6 is 77.3 Å². The van der Waals surface area contributed by atoms with Crippen molar-refractivity contribution in [1.82, 2.24) is 3.93 Å². The number of alkyl halides is 1. The molecule has 1 aliphatic rings. The van der Waals surface area contributed by atoms with Crippen LogP contribution < -0.4 is 0 Å². The number of halogens is 4. The molecule has 0 aromatic rings.